The number of hydrogen-bond acceptors (Lipinski definition) is 3. The number of nitrogens with zero attached hydrogens (tertiary/aromatic N) is 1. The highest BCUT2D eigenvalue weighted by molar-refractivity contribution is 6.03. The van der Waals surface area contributed by atoms with Crippen molar-refractivity contribution in [1.29, 1.82) is 5.26 Å². The number of carbonyl (C=O) groups excluding carboxylic acids is 1. The van der Waals surface area contributed by atoms with Gasteiger partial charge in [0.2, 0.25) is 0 Å². The fourth-order valence-electron chi connectivity index (χ4n) is 1.85. The second kappa shape index (κ2) is 4.31. The van der Waals surface area contributed by atoms with Gasteiger partial charge in [0.1, 0.15) is 0 Å². The van der Waals surface area contributed by atoms with Gasteiger partial charge in [0, 0.05) is 5.56 Å². The lowest BCUT2D eigenvalue weighted by molar-refractivity contribution is -0.0566. The van der Waals surface area contributed by atoms with Gasteiger partial charge in [-0.25, -0.2) is 0 Å². The zero-order valence-electron chi connectivity index (χ0n) is 10.1. The number of Topliss-reactive ketones (excluding diaryl/α,β-unsaturated/α-hetero) is 1. The summed E-state index contributed by atoms with van der Waals surface area (Å²) in [5.41, 5.74) is 0.843. The second-order valence-corrected chi connectivity index (χ2v) is 4.79. The second-order valence-electron chi connectivity index (χ2n) is 4.79. The molecule has 1 fully saturated rings. The molecule has 1 aromatic carbocycles. The zero-order chi connectivity index (χ0) is 12.5. The molecule has 3 heteroatoms. The Balaban J connectivity index is 2.24. The molecule has 0 atom stereocenters. The van der Waals surface area contributed by atoms with Crippen LogP contribution in [0, 0.1) is 16.7 Å². The van der Waals surface area contributed by atoms with E-state index in [9.17, 15) is 4.79 Å². The molecule has 1 saturated heterocycles. The molecule has 1 aromatic rings. The van der Waals surface area contributed by atoms with Crippen molar-refractivity contribution in [3.8, 4) is 6.07 Å². The highest BCUT2D eigenvalue weighted by Gasteiger charge is 2.46. The third-order valence-electron chi connectivity index (χ3n) is 3.19. The first-order valence-electron chi connectivity index (χ1n) is 5.73. The Bertz CT molecular complexity index is 464. The van der Waals surface area contributed by atoms with Crippen LogP contribution in [0.4, 0.5) is 0 Å². The largest absolute Gasteiger partial charge is 0.377 e. The fourth-order valence-corrected chi connectivity index (χ4v) is 1.85. The number of benzene rings is 1. The van der Waals surface area contributed by atoms with Gasteiger partial charge in [0.05, 0.1) is 19.3 Å². The summed E-state index contributed by atoms with van der Waals surface area (Å²) in [7, 11) is 0. The van der Waals surface area contributed by atoms with Gasteiger partial charge in [0.15, 0.2) is 11.2 Å². The van der Waals surface area contributed by atoms with Gasteiger partial charge in [0.25, 0.3) is 0 Å². The van der Waals surface area contributed by atoms with Crippen LogP contribution in [0.1, 0.15) is 35.7 Å². The maximum atomic E-state index is 12.2. The van der Waals surface area contributed by atoms with Crippen LogP contribution in [0.3, 0.4) is 0 Å². The summed E-state index contributed by atoms with van der Waals surface area (Å²) >= 11 is 0. The van der Waals surface area contributed by atoms with Crippen LogP contribution < -0.4 is 0 Å². The quantitative estimate of drug-likeness (QED) is 0.748. The third-order valence-corrected chi connectivity index (χ3v) is 3.19. The summed E-state index contributed by atoms with van der Waals surface area (Å²) in [6.45, 7) is 4.64. The van der Waals surface area contributed by atoms with Gasteiger partial charge in [-0.1, -0.05) is 38.1 Å². The van der Waals surface area contributed by atoms with Crippen molar-refractivity contribution >= 4 is 5.78 Å². The predicted molar refractivity (Wildman–Crippen MR) is 63.7 cm³/mol. The summed E-state index contributed by atoms with van der Waals surface area (Å²) < 4.78 is 4.99. The maximum absolute atomic E-state index is 12.2. The number of nitriles is 1. The van der Waals surface area contributed by atoms with E-state index in [1.807, 2.05) is 12.1 Å². The van der Waals surface area contributed by atoms with E-state index in [2.05, 4.69) is 19.9 Å². The van der Waals surface area contributed by atoms with Crippen molar-refractivity contribution in [2.45, 2.75) is 19.8 Å². The third kappa shape index (κ3) is 1.96. The zero-order valence-corrected chi connectivity index (χ0v) is 10.1. The van der Waals surface area contributed by atoms with Crippen LogP contribution in [-0.2, 0) is 4.74 Å². The normalized spacial score (nSPS) is 17.3. The smallest absolute Gasteiger partial charge is 0.187 e. The van der Waals surface area contributed by atoms with Crippen molar-refractivity contribution in [2.24, 2.45) is 5.41 Å². The predicted octanol–water partition coefficient (Wildman–Crippen LogP) is 2.53. The molecule has 2 rings (SSSR count). The van der Waals surface area contributed by atoms with Crippen LogP contribution >= 0.6 is 0 Å². The van der Waals surface area contributed by atoms with Gasteiger partial charge in [-0.3, -0.25) is 4.79 Å². The van der Waals surface area contributed by atoms with E-state index in [0.717, 1.165) is 0 Å². The molecule has 0 aromatic heterocycles. The van der Waals surface area contributed by atoms with Crippen LogP contribution in [0.25, 0.3) is 0 Å². The van der Waals surface area contributed by atoms with Crippen LogP contribution in [-0.4, -0.2) is 19.0 Å². The molecule has 1 aliphatic heterocycles. The SMILES string of the molecule is CC(C)c1ccc(C(=O)C2(C#N)COC2)cc1. The van der Waals surface area contributed by atoms with Crippen molar-refractivity contribution < 1.29 is 9.53 Å². The van der Waals surface area contributed by atoms with E-state index in [0.29, 0.717) is 11.5 Å². The minimum absolute atomic E-state index is 0.124. The van der Waals surface area contributed by atoms with E-state index in [1.165, 1.54) is 5.56 Å². The first kappa shape index (κ1) is 11.8. The number of rotatable bonds is 3. The Hall–Kier alpha value is -1.66. The maximum Gasteiger partial charge on any atom is 0.187 e. The molecule has 1 aliphatic rings. The molecule has 0 bridgehead atoms. The molecule has 0 radical (unpaired) electrons. The number of ether oxygens (including phenoxy) is 1. The first-order chi connectivity index (χ1) is 8.09. The Morgan fingerprint density at radius 3 is 2.29 bits per heavy atom. The lowest BCUT2D eigenvalue weighted by Gasteiger charge is -2.33. The minimum Gasteiger partial charge on any atom is -0.377 e. The van der Waals surface area contributed by atoms with Crippen LogP contribution in [0.2, 0.25) is 0 Å². The lowest BCUT2D eigenvalue weighted by atomic mass is 9.80. The van der Waals surface area contributed by atoms with E-state index in [-0.39, 0.29) is 19.0 Å². The van der Waals surface area contributed by atoms with E-state index < -0.39 is 5.41 Å². The summed E-state index contributed by atoms with van der Waals surface area (Å²) in [6.07, 6.45) is 0. The standard InChI is InChI=1S/C14H15NO2/c1-10(2)11-3-5-12(6-4-11)13(16)14(7-15)8-17-9-14/h3-6,10H,8-9H2,1-2H3. The molecule has 0 saturated carbocycles. The van der Waals surface area contributed by atoms with Gasteiger partial charge in [-0.15, -0.1) is 0 Å². The van der Waals surface area contributed by atoms with E-state index in [1.54, 1.807) is 12.1 Å². The highest BCUT2D eigenvalue weighted by atomic mass is 16.5. The van der Waals surface area contributed by atoms with Crippen LogP contribution in [0.15, 0.2) is 24.3 Å². The van der Waals surface area contributed by atoms with Gasteiger partial charge < -0.3 is 4.74 Å². The average Bonchev–Trinajstić information content (AvgIpc) is 2.28. The molecule has 3 nitrogen and oxygen atoms in total. The molecule has 0 aliphatic carbocycles. The van der Waals surface area contributed by atoms with Crippen molar-refractivity contribution in [1.82, 2.24) is 0 Å². The molecule has 0 amide bonds. The molecular weight excluding hydrogens is 214 g/mol. The van der Waals surface area contributed by atoms with Gasteiger partial charge >= 0.3 is 0 Å². The molecule has 17 heavy (non-hydrogen) atoms. The summed E-state index contributed by atoms with van der Waals surface area (Å²) in [6, 6.07) is 9.57. The highest BCUT2D eigenvalue weighted by Crippen LogP contribution is 2.31. The summed E-state index contributed by atoms with van der Waals surface area (Å²) in [5, 5.41) is 9.06. The van der Waals surface area contributed by atoms with Gasteiger partial charge in [-0.2, -0.15) is 5.26 Å². The first-order valence-corrected chi connectivity index (χ1v) is 5.73. The van der Waals surface area contributed by atoms with Gasteiger partial charge in [-0.05, 0) is 11.5 Å². The Morgan fingerprint density at radius 2 is 1.94 bits per heavy atom. The molecule has 0 N–H and O–H groups in total. The molecule has 1 heterocycles. The van der Waals surface area contributed by atoms with Crippen molar-refractivity contribution in [3.05, 3.63) is 35.4 Å². The fraction of sp³-hybridized carbons (Fsp3) is 0.429. The van der Waals surface area contributed by atoms with Crippen molar-refractivity contribution in [3.63, 3.8) is 0 Å². The van der Waals surface area contributed by atoms with Crippen LogP contribution in [0.5, 0.6) is 0 Å². The number of carbonyl (C=O) groups is 1. The monoisotopic (exact) mass is 229 g/mol. The Morgan fingerprint density at radius 1 is 1.35 bits per heavy atom. The topological polar surface area (TPSA) is 50.1 Å². The molecular formula is C14H15NO2. The lowest BCUT2D eigenvalue weighted by Crippen LogP contribution is -2.47. The average molecular weight is 229 g/mol. The molecule has 88 valence electrons. The Labute approximate surface area is 101 Å². The minimum atomic E-state index is -0.945. The number of hydrogen-bond donors (Lipinski definition) is 0. The van der Waals surface area contributed by atoms with E-state index in [4.69, 9.17) is 10.00 Å². The summed E-state index contributed by atoms with van der Waals surface area (Å²) in [5.74, 6) is 0.317. The number of ketones is 1. The Kier molecular flexibility index (Phi) is 2.99. The summed E-state index contributed by atoms with van der Waals surface area (Å²) in [4.78, 5) is 12.2. The van der Waals surface area contributed by atoms with E-state index >= 15 is 0 Å². The molecule has 0 spiro atoms. The van der Waals surface area contributed by atoms with Crippen molar-refractivity contribution in [2.75, 3.05) is 13.2 Å². The molecule has 0 unspecified atom stereocenters.